The molecule has 0 aromatic heterocycles. The van der Waals surface area contributed by atoms with Crippen LogP contribution < -0.4 is 0 Å². The van der Waals surface area contributed by atoms with Gasteiger partial charge in [-0.2, -0.15) is 8.78 Å². The van der Waals surface area contributed by atoms with Gasteiger partial charge >= 0.3 is 5.76 Å². The third-order valence-corrected chi connectivity index (χ3v) is 1.46. The molecular formula is C6H13ClF2O2S. The lowest BCUT2D eigenvalue weighted by Crippen LogP contribution is -1.97. The second-order valence-electron chi connectivity index (χ2n) is 1.93. The minimum absolute atomic E-state index is 0.827. The lowest BCUT2D eigenvalue weighted by atomic mass is 10.3. The number of halogens is 3. The summed E-state index contributed by atoms with van der Waals surface area (Å²) in [7, 11) is 0. The second-order valence-corrected chi connectivity index (χ2v) is 3.22. The zero-order valence-electron chi connectivity index (χ0n) is 6.80. The van der Waals surface area contributed by atoms with Gasteiger partial charge in [0.15, 0.2) is 0 Å². The summed E-state index contributed by atoms with van der Waals surface area (Å²) in [6.07, 6.45) is 3.73. The Bertz CT molecular complexity index is 110. The molecule has 12 heavy (non-hydrogen) atoms. The standard InChI is InChI=1S/C5H11Cl.CH2F2O2S/c1-2-3-4-5-6;2-1(3)6(4)5/h2-5H2,1H3;1H,(H,4,5). The molecule has 6 heteroatoms. The molecule has 0 spiro atoms. The van der Waals surface area contributed by atoms with Crippen LogP contribution >= 0.6 is 11.6 Å². The topological polar surface area (TPSA) is 37.3 Å². The minimum atomic E-state index is -3.12. The van der Waals surface area contributed by atoms with Crippen LogP contribution in [0.3, 0.4) is 0 Å². The van der Waals surface area contributed by atoms with Gasteiger partial charge in [0.05, 0.1) is 0 Å². The first-order chi connectivity index (χ1) is 5.56. The van der Waals surface area contributed by atoms with Crippen molar-refractivity contribution in [1.82, 2.24) is 0 Å². The van der Waals surface area contributed by atoms with Crippen molar-refractivity contribution in [2.24, 2.45) is 0 Å². The van der Waals surface area contributed by atoms with Gasteiger partial charge in [-0.1, -0.05) is 19.8 Å². The van der Waals surface area contributed by atoms with Crippen molar-refractivity contribution in [2.45, 2.75) is 31.9 Å². The maximum absolute atomic E-state index is 10.6. The van der Waals surface area contributed by atoms with Crippen molar-refractivity contribution in [3.63, 3.8) is 0 Å². The van der Waals surface area contributed by atoms with Crippen LogP contribution in [0, 0.1) is 0 Å². The molecule has 0 amide bonds. The van der Waals surface area contributed by atoms with E-state index < -0.39 is 16.8 Å². The van der Waals surface area contributed by atoms with Crippen molar-refractivity contribution in [3.8, 4) is 0 Å². The van der Waals surface area contributed by atoms with E-state index in [1.807, 2.05) is 0 Å². The van der Waals surface area contributed by atoms with E-state index in [9.17, 15) is 8.78 Å². The maximum Gasteiger partial charge on any atom is 0.336 e. The zero-order chi connectivity index (χ0) is 9.98. The van der Waals surface area contributed by atoms with Gasteiger partial charge in [0.2, 0.25) is 11.1 Å². The van der Waals surface area contributed by atoms with Gasteiger partial charge in [-0.15, -0.1) is 11.6 Å². The van der Waals surface area contributed by atoms with Gasteiger partial charge in [0, 0.05) is 5.88 Å². The highest BCUT2D eigenvalue weighted by molar-refractivity contribution is 7.79. The third kappa shape index (κ3) is 16.7. The lowest BCUT2D eigenvalue weighted by molar-refractivity contribution is 0.231. The lowest BCUT2D eigenvalue weighted by Gasteiger charge is -1.84. The zero-order valence-corrected chi connectivity index (χ0v) is 8.38. The number of hydrogen-bond donors (Lipinski definition) is 1. The van der Waals surface area contributed by atoms with Crippen LogP contribution in [-0.4, -0.2) is 20.4 Å². The van der Waals surface area contributed by atoms with Crippen LogP contribution in [-0.2, 0) is 11.1 Å². The van der Waals surface area contributed by atoms with Gasteiger partial charge in [-0.3, -0.25) is 0 Å². The molecule has 76 valence electrons. The number of alkyl halides is 3. The minimum Gasteiger partial charge on any atom is -0.302 e. The summed E-state index contributed by atoms with van der Waals surface area (Å²) in [5, 5.41) is 0. The molecule has 0 fully saturated rings. The first-order valence-corrected chi connectivity index (χ1v) is 5.20. The summed E-state index contributed by atoms with van der Waals surface area (Å²) in [6.45, 7) is 2.17. The molecule has 0 aliphatic heterocycles. The fourth-order valence-corrected chi connectivity index (χ4v) is 0.533. The first kappa shape index (κ1) is 14.8. The molecule has 0 bridgehead atoms. The largest absolute Gasteiger partial charge is 0.336 e. The number of unbranched alkanes of at least 4 members (excludes halogenated alkanes) is 2. The monoisotopic (exact) mass is 222 g/mol. The van der Waals surface area contributed by atoms with Gasteiger partial charge in [-0.05, 0) is 6.42 Å². The Morgan fingerprint density at radius 2 is 1.92 bits per heavy atom. The number of rotatable bonds is 4. The van der Waals surface area contributed by atoms with E-state index in [0.29, 0.717) is 0 Å². The van der Waals surface area contributed by atoms with Crippen LogP contribution in [0.2, 0.25) is 0 Å². The Labute approximate surface area is 78.6 Å². The molecule has 2 nitrogen and oxygen atoms in total. The Kier molecular flexibility index (Phi) is 13.9. The van der Waals surface area contributed by atoms with E-state index in [1.54, 1.807) is 0 Å². The van der Waals surface area contributed by atoms with E-state index in [4.69, 9.17) is 20.4 Å². The average molecular weight is 223 g/mol. The van der Waals surface area contributed by atoms with Gasteiger partial charge < -0.3 is 4.55 Å². The summed E-state index contributed by atoms with van der Waals surface area (Å²) in [5.41, 5.74) is 0. The molecule has 1 N–H and O–H groups in total. The predicted octanol–water partition coefficient (Wildman–Crippen LogP) is 2.85. The highest BCUT2D eigenvalue weighted by Crippen LogP contribution is 1.94. The SMILES string of the molecule is CCCCCCl.O=S(O)C(F)F. The van der Waals surface area contributed by atoms with E-state index >= 15 is 0 Å². The molecule has 1 unspecified atom stereocenters. The molecule has 0 aliphatic carbocycles. The van der Waals surface area contributed by atoms with E-state index in [0.717, 1.165) is 5.88 Å². The van der Waals surface area contributed by atoms with Crippen molar-refractivity contribution < 1.29 is 17.5 Å². The van der Waals surface area contributed by atoms with E-state index in [1.165, 1.54) is 19.3 Å². The van der Waals surface area contributed by atoms with Crippen LogP contribution in [0.5, 0.6) is 0 Å². The number of hydrogen-bond acceptors (Lipinski definition) is 1. The molecule has 1 atom stereocenters. The Balaban J connectivity index is 0. The fourth-order valence-electron chi connectivity index (χ4n) is 0.344. The summed E-state index contributed by atoms with van der Waals surface area (Å²) >= 11 is 2.43. The van der Waals surface area contributed by atoms with E-state index in [-0.39, 0.29) is 0 Å². The highest BCUT2D eigenvalue weighted by atomic mass is 35.5. The smallest absolute Gasteiger partial charge is 0.302 e. The molecule has 0 rings (SSSR count). The molecule has 0 heterocycles. The first-order valence-electron chi connectivity index (χ1n) is 3.50. The summed E-state index contributed by atoms with van der Waals surface area (Å²) in [5.74, 6) is -2.29. The van der Waals surface area contributed by atoms with Crippen molar-refractivity contribution in [3.05, 3.63) is 0 Å². The van der Waals surface area contributed by atoms with Crippen LogP contribution in [0.15, 0.2) is 0 Å². The van der Waals surface area contributed by atoms with Crippen molar-refractivity contribution in [2.75, 3.05) is 5.88 Å². The van der Waals surface area contributed by atoms with Crippen molar-refractivity contribution >= 4 is 22.7 Å². The predicted molar refractivity (Wildman–Crippen MR) is 47.0 cm³/mol. The molecular weight excluding hydrogens is 210 g/mol. The third-order valence-electron chi connectivity index (χ3n) is 0.890. The van der Waals surface area contributed by atoms with Crippen LogP contribution in [0.1, 0.15) is 26.2 Å². The quantitative estimate of drug-likeness (QED) is 0.451. The van der Waals surface area contributed by atoms with Gasteiger partial charge in [0.1, 0.15) is 0 Å². The van der Waals surface area contributed by atoms with Crippen molar-refractivity contribution in [1.29, 1.82) is 0 Å². The molecule has 0 saturated carbocycles. The molecule has 0 radical (unpaired) electrons. The van der Waals surface area contributed by atoms with Gasteiger partial charge in [0.25, 0.3) is 0 Å². The normalized spacial score (nSPS) is 12.2. The average Bonchev–Trinajstić information content (AvgIpc) is 2.02. The summed E-state index contributed by atoms with van der Waals surface area (Å²) in [4.78, 5) is 0. The Hall–Kier alpha value is 0.260. The highest BCUT2D eigenvalue weighted by Gasteiger charge is 2.06. The van der Waals surface area contributed by atoms with E-state index in [2.05, 4.69) is 6.92 Å². The van der Waals surface area contributed by atoms with Gasteiger partial charge in [-0.25, -0.2) is 4.21 Å². The van der Waals surface area contributed by atoms with Crippen LogP contribution in [0.4, 0.5) is 8.78 Å². The van der Waals surface area contributed by atoms with Crippen LogP contribution in [0.25, 0.3) is 0 Å². The maximum atomic E-state index is 10.6. The Morgan fingerprint density at radius 1 is 1.50 bits per heavy atom. The molecule has 0 aromatic rings. The molecule has 0 saturated heterocycles. The second kappa shape index (κ2) is 11.3. The molecule has 0 aliphatic rings. The summed E-state index contributed by atoms with van der Waals surface area (Å²) in [6, 6.07) is 0. The Morgan fingerprint density at radius 3 is 2.00 bits per heavy atom. The molecule has 0 aromatic carbocycles. The fraction of sp³-hybridized carbons (Fsp3) is 1.00. The summed E-state index contributed by atoms with van der Waals surface area (Å²) < 4.78 is 37.6.